The zero-order chi connectivity index (χ0) is 16.3. The van der Waals surface area contributed by atoms with E-state index < -0.39 is 11.6 Å². The summed E-state index contributed by atoms with van der Waals surface area (Å²) in [5, 5.41) is 3.86. The van der Waals surface area contributed by atoms with Gasteiger partial charge in [-0.15, -0.1) is 0 Å². The highest BCUT2D eigenvalue weighted by Crippen LogP contribution is 2.23. The Hall–Kier alpha value is -2.05. The van der Waals surface area contributed by atoms with E-state index >= 15 is 0 Å². The fraction of sp³-hybridized carbons (Fsp3) is 0.667. The van der Waals surface area contributed by atoms with Crippen LogP contribution in [0.25, 0.3) is 0 Å². The molecule has 0 aliphatic carbocycles. The zero-order valence-corrected chi connectivity index (χ0v) is 13.4. The summed E-state index contributed by atoms with van der Waals surface area (Å²) >= 11 is 0. The lowest BCUT2D eigenvalue weighted by Gasteiger charge is -2.28. The van der Waals surface area contributed by atoms with E-state index in [9.17, 15) is 9.59 Å². The summed E-state index contributed by atoms with van der Waals surface area (Å²) in [4.78, 5) is 25.3. The number of carbonyl (C=O) groups excluding carboxylic acids is 2. The monoisotopic (exact) mass is 310 g/mol. The molecule has 7 heteroatoms. The van der Waals surface area contributed by atoms with Crippen LogP contribution >= 0.6 is 0 Å². The number of rotatable bonds is 3. The third-order valence-electron chi connectivity index (χ3n) is 3.40. The molecular formula is C15H22N2O5. The molecular weight excluding hydrogens is 288 g/mol. The minimum Gasteiger partial charge on any atom is -0.463 e. The van der Waals surface area contributed by atoms with Crippen molar-refractivity contribution in [3.8, 4) is 0 Å². The first-order valence-corrected chi connectivity index (χ1v) is 7.33. The van der Waals surface area contributed by atoms with Crippen molar-refractivity contribution in [2.24, 2.45) is 0 Å². The standard InChI is InChI=1S/C15H22N2O5/c1-15(2,3)21-14(19)17-7-5-6-11(17)8-10-9-12(22-16-10)13(18)20-4/h9,11H,5-8H2,1-4H3/t11-/m0/s1. The van der Waals surface area contributed by atoms with E-state index in [0.29, 0.717) is 18.7 Å². The van der Waals surface area contributed by atoms with Crippen LogP contribution in [0.3, 0.4) is 0 Å². The van der Waals surface area contributed by atoms with E-state index in [1.807, 2.05) is 20.8 Å². The molecule has 0 aromatic carbocycles. The molecule has 22 heavy (non-hydrogen) atoms. The maximum atomic E-state index is 12.2. The van der Waals surface area contributed by atoms with E-state index in [1.165, 1.54) is 7.11 Å². The molecule has 0 radical (unpaired) electrons. The van der Waals surface area contributed by atoms with Crippen molar-refractivity contribution in [2.45, 2.75) is 51.7 Å². The van der Waals surface area contributed by atoms with Crippen molar-refractivity contribution in [1.29, 1.82) is 0 Å². The maximum absolute atomic E-state index is 12.2. The van der Waals surface area contributed by atoms with Gasteiger partial charge in [0.2, 0.25) is 5.76 Å². The number of ether oxygens (including phenoxy) is 2. The molecule has 1 aliphatic rings. The van der Waals surface area contributed by atoms with Gasteiger partial charge in [0.1, 0.15) is 5.60 Å². The summed E-state index contributed by atoms with van der Waals surface area (Å²) in [7, 11) is 1.28. The predicted molar refractivity (Wildman–Crippen MR) is 77.5 cm³/mol. The van der Waals surface area contributed by atoms with Crippen molar-refractivity contribution in [3.05, 3.63) is 17.5 Å². The molecule has 1 saturated heterocycles. The number of hydrogen-bond donors (Lipinski definition) is 0. The highest BCUT2D eigenvalue weighted by Gasteiger charge is 2.33. The molecule has 1 aromatic heterocycles. The van der Waals surface area contributed by atoms with Crippen LogP contribution in [-0.2, 0) is 15.9 Å². The lowest BCUT2D eigenvalue weighted by Crippen LogP contribution is -2.40. The molecule has 2 rings (SSSR count). The Labute approximate surface area is 129 Å². The van der Waals surface area contributed by atoms with E-state index in [0.717, 1.165) is 12.8 Å². The number of methoxy groups -OCH3 is 1. The summed E-state index contributed by atoms with van der Waals surface area (Å²) in [6, 6.07) is 1.56. The lowest BCUT2D eigenvalue weighted by atomic mass is 10.1. The minimum absolute atomic E-state index is 0.00504. The number of amides is 1. The number of esters is 1. The highest BCUT2D eigenvalue weighted by molar-refractivity contribution is 5.86. The number of hydrogen-bond acceptors (Lipinski definition) is 6. The van der Waals surface area contributed by atoms with Gasteiger partial charge in [-0.05, 0) is 33.6 Å². The topological polar surface area (TPSA) is 81.9 Å². The second kappa shape index (κ2) is 6.37. The second-order valence-electron chi connectivity index (χ2n) is 6.35. The first-order valence-electron chi connectivity index (χ1n) is 7.33. The zero-order valence-electron chi connectivity index (χ0n) is 13.4. The van der Waals surface area contributed by atoms with Crippen molar-refractivity contribution in [1.82, 2.24) is 10.1 Å². The van der Waals surface area contributed by atoms with Crippen LogP contribution in [0.1, 0.15) is 49.9 Å². The third kappa shape index (κ3) is 3.99. The maximum Gasteiger partial charge on any atom is 0.410 e. The van der Waals surface area contributed by atoms with Crippen molar-refractivity contribution < 1.29 is 23.6 Å². The number of nitrogens with zero attached hydrogens (tertiary/aromatic N) is 2. The van der Waals surface area contributed by atoms with Gasteiger partial charge >= 0.3 is 12.1 Å². The van der Waals surface area contributed by atoms with Crippen molar-refractivity contribution in [3.63, 3.8) is 0 Å². The molecule has 0 N–H and O–H groups in total. The van der Waals surface area contributed by atoms with Gasteiger partial charge < -0.3 is 18.9 Å². The van der Waals surface area contributed by atoms with Crippen LogP contribution < -0.4 is 0 Å². The van der Waals surface area contributed by atoms with Crippen molar-refractivity contribution >= 4 is 12.1 Å². The SMILES string of the molecule is COC(=O)c1cc(C[C@@H]2CCCN2C(=O)OC(C)(C)C)no1. The minimum atomic E-state index is -0.561. The van der Waals surface area contributed by atoms with E-state index in [1.54, 1.807) is 11.0 Å². The van der Waals surface area contributed by atoms with Gasteiger partial charge in [0.25, 0.3) is 0 Å². The molecule has 1 aromatic rings. The van der Waals surface area contributed by atoms with Gasteiger partial charge in [0.05, 0.1) is 12.8 Å². The summed E-state index contributed by atoms with van der Waals surface area (Å²) in [6.45, 7) is 6.20. The lowest BCUT2D eigenvalue weighted by molar-refractivity contribution is 0.0225. The van der Waals surface area contributed by atoms with E-state index in [2.05, 4.69) is 9.89 Å². The summed E-state index contributed by atoms with van der Waals surface area (Å²) in [5.74, 6) is -0.492. The molecule has 0 saturated carbocycles. The van der Waals surface area contributed by atoms with Crippen LogP contribution in [0.15, 0.2) is 10.6 Å². The molecule has 7 nitrogen and oxygen atoms in total. The number of likely N-dealkylation sites (tertiary alicyclic amines) is 1. The van der Waals surface area contributed by atoms with E-state index in [-0.39, 0.29) is 17.9 Å². The van der Waals surface area contributed by atoms with Crippen LogP contribution in [0.2, 0.25) is 0 Å². The number of aromatic nitrogens is 1. The predicted octanol–water partition coefficient (Wildman–Crippen LogP) is 2.40. The smallest absolute Gasteiger partial charge is 0.410 e. The Morgan fingerprint density at radius 1 is 1.45 bits per heavy atom. The third-order valence-corrected chi connectivity index (χ3v) is 3.40. The van der Waals surface area contributed by atoms with Gasteiger partial charge in [-0.3, -0.25) is 0 Å². The molecule has 122 valence electrons. The Kier molecular flexibility index (Phi) is 4.73. The average molecular weight is 310 g/mol. The first kappa shape index (κ1) is 16.3. The van der Waals surface area contributed by atoms with Crippen molar-refractivity contribution in [2.75, 3.05) is 13.7 Å². The van der Waals surface area contributed by atoms with Gasteiger partial charge in [0, 0.05) is 25.1 Å². The Morgan fingerprint density at radius 3 is 2.82 bits per heavy atom. The fourth-order valence-electron chi connectivity index (χ4n) is 2.46. The van der Waals surface area contributed by atoms with Crippen LogP contribution in [0.5, 0.6) is 0 Å². The molecule has 1 fully saturated rings. The Morgan fingerprint density at radius 2 is 2.18 bits per heavy atom. The Balaban J connectivity index is 2.00. The summed E-state index contributed by atoms with van der Waals surface area (Å²) in [6.07, 6.45) is 2.01. The van der Waals surface area contributed by atoms with E-state index in [4.69, 9.17) is 9.26 Å². The Bertz CT molecular complexity index is 546. The van der Waals surface area contributed by atoms with Gasteiger partial charge in [0.15, 0.2) is 0 Å². The largest absolute Gasteiger partial charge is 0.463 e. The van der Waals surface area contributed by atoms with Gasteiger partial charge in [-0.1, -0.05) is 5.16 Å². The quantitative estimate of drug-likeness (QED) is 0.797. The molecule has 1 atom stereocenters. The van der Waals surface area contributed by atoms with Gasteiger partial charge in [-0.2, -0.15) is 0 Å². The first-order chi connectivity index (χ1) is 10.3. The van der Waals surface area contributed by atoms with Crippen LogP contribution in [0.4, 0.5) is 4.79 Å². The second-order valence-corrected chi connectivity index (χ2v) is 6.35. The van der Waals surface area contributed by atoms with Gasteiger partial charge in [-0.25, -0.2) is 9.59 Å². The summed E-state index contributed by atoms with van der Waals surface area (Å²) < 4.78 is 14.9. The molecule has 1 aliphatic heterocycles. The normalized spacial score (nSPS) is 18.4. The molecule has 1 amide bonds. The highest BCUT2D eigenvalue weighted by atomic mass is 16.6. The molecule has 0 spiro atoms. The molecule has 0 unspecified atom stereocenters. The summed E-state index contributed by atoms with van der Waals surface area (Å²) in [5.41, 5.74) is 0.108. The number of carbonyl (C=O) groups is 2. The van der Waals surface area contributed by atoms with Crippen LogP contribution in [-0.4, -0.2) is 47.4 Å². The van der Waals surface area contributed by atoms with Crippen LogP contribution in [0, 0.1) is 0 Å². The molecule has 0 bridgehead atoms. The fourth-order valence-corrected chi connectivity index (χ4v) is 2.46. The molecule has 2 heterocycles. The average Bonchev–Trinajstić information content (AvgIpc) is 3.05.